The fraction of sp³-hybridized carbons (Fsp3) is 0.520. The molecule has 0 spiro atoms. The molecule has 144 valence electrons. The van der Waals surface area contributed by atoms with Gasteiger partial charge in [0.25, 0.3) is 0 Å². The molecule has 2 aromatic carbocycles. The van der Waals surface area contributed by atoms with Crippen LogP contribution in [-0.4, -0.2) is 7.11 Å². The fourth-order valence-electron chi connectivity index (χ4n) is 3.58. The predicted molar refractivity (Wildman–Crippen MR) is 118 cm³/mol. The van der Waals surface area contributed by atoms with Gasteiger partial charge < -0.3 is 4.74 Å². The van der Waals surface area contributed by atoms with Crippen LogP contribution < -0.4 is 4.74 Å². The summed E-state index contributed by atoms with van der Waals surface area (Å²) in [5, 5.41) is 2.79. The number of hydrogen-bond donors (Lipinski definition) is 0. The van der Waals surface area contributed by atoms with Crippen LogP contribution in [0.3, 0.4) is 0 Å². The molecule has 0 aliphatic carbocycles. The SMILES string of the molecule is C=C[C@H](C)C(C)C.COc1c(C)c(C)c2c(C)c(C)c(C)c(C)c2c1C. The molecule has 0 heterocycles. The van der Waals surface area contributed by atoms with Gasteiger partial charge >= 0.3 is 0 Å². The van der Waals surface area contributed by atoms with Crippen molar-refractivity contribution in [3.63, 3.8) is 0 Å². The first-order valence-electron chi connectivity index (χ1n) is 9.67. The number of hydrogen-bond acceptors (Lipinski definition) is 1. The Morgan fingerprint density at radius 3 is 1.35 bits per heavy atom. The zero-order chi connectivity index (χ0) is 20.3. The van der Waals surface area contributed by atoms with Crippen molar-refractivity contribution in [1.29, 1.82) is 0 Å². The smallest absolute Gasteiger partial charge is 0.125 e. The molecule has 1 atom stereocenters. The first-order valence-corrected chi connectivity index (χ1v) is 9.67. The first kappa shape index (κ1) is 22.3. The Kier molecular flexibility index (Phi) is 7.50. The first-order chi connectivity index (χ1) is 12.0. The van der Waals surface area contributed by atoms with Crippen LogP contribution in [0.2, 0.25) is 0 Å². The quantitative estimate of drug-likeness (QED) is 0.519. The van der Waals surface area contributed by atoms with Crippen molar-refractivity contribution in [3.05, 3.63) is 51.6 Å². The van der Waals surface area contributed by atoms with E-state index >= 15 is 0 Å². The van der Waals surface area contributed by atoms with E-state index < -0.39 is 0 Å². The maximum Gasteiger partial charge on any atom is 0.125 e. The molecule has 0 aliphatic rings. The summed E-state index contributed by atoms with van der Waals surface area (Å²) in [6.07, 6.45) is 1.99. The third-order valence-corrected chi connectivity index (χ3v) is 6.31. The van der Waals surface area contributed by atoms with Gasteiger partial charge in [-0.3, -0.25) is 0 Å². The Hall–Kier alpha value is -1.76. The molecule has 0 bridgehead atoms. The Balaban J connectivity index is 0.000000412. The molecule has 0 unspecified atom stereocenters. The van der Waals surface area contributed by atoms with E-state index in [9.17, 15) is 0 Å². The number of fused-ring (bicyclic) bond motifs is 1. The largest absolute Gasteiger partial charge is 0.496 e. The molecule has 0 saturated heterocycles. The molecule has 1 nitrogen and oxygen atoms in total. The monoisotopic (exact) mass is 354 g/mol. The number of allylic oxidation sites excluding steroid dienone is 1. The van der Waals surface area contributed by atoms with Gasteiger partial charge in [-0.15, -0.1) is 6.58 Å². The summed E-state index contributed by atoms with van der Waals surface area (Å²) < 4.78 is 5.63. The maximum absolute atomic E-state index is 5.63. The second-order valence-corrected chi connectivity index (χ2v) is 8.00. The van der Waals surface area contributed by atoms with Crippen molar-refractivity contribution in [2.75, 3.05) is 7.11 Å². The van der Waals surface area contributed by atoms with E-state index in [0.29, 0.717) is 5.92 Å². The third-order valence-electron chi connectivity index (χ3n) is 6.31. The van der Waals surface area contributed by atoms with Crippen molar-refractivity contribution in [3.8, 4) is 5.75 Å². The highest BCUT2D eigenvalue weighted by Gasteiger charge is 2.18. The molecule has 0 N–H and O–H groups in total. The molecule has 0 aliphatic heterocycles. The van der Waals surface area contributed by atoms with Gasteiger partial charge in [-0.05, 0) is 110 Å². The number of methoxy groups -OCH3 is 1. The Morgan fingerprint density at radius 2 is 1.04 bits per heavy atom. The van der Waals surface area contributed by atoms with Crippen LogP contribution in [0, 0.1) is 60.3 Å². The molecule has 0 fully saturated rings. The minimum absolute atomic E-state index is 0.667. The van der Waals surface area contributed by atoms with Crippen molar-refractivity contribution < 1.29 is 4.74 Å². The summed E-state index contributed by atoms with van der Waals surface area (Å²) in [6, 6.07) is 0. The van der Waals surface area contributed by atoms with Crippen molar-refractivity contribution in [2.24, 2.45) is 11.8 Å². The van der Waals surface area contributed by atoms with E-state index in [4.69, 9.17) is 4.74 Å². The Bertz CT molecular complexity index is 809. The van der Waals surface area contributed by atoms with Gasteiger partial charge in [-0.25, -0.2) is 0 Å². The van der Waals surface area contributed by atoms with Crippen LogP contribution in [0.5, 0.6) is 5.75 Å². The number of rotatable bonds is 3. The number of aryl methyl sites for hydroxylation is 4. The second kappa shape index (κ2) is 8.75. The van der Waals surface area contributed by atoms with Crippen molar-refractivity contribution >= 4 is 10.8 Å². The van der Waals surface area contributed by atoms with Crippen molar-refractivity contribution in [1.82, 2.24) is 0 Å². The zero-order valence-corrected chi connectivity index (χ0v) is 18.8. The minimum Gasteiger partial charge on any atom is -0.496 e. The Labute approximate surface area is 161 Å². The summed E-state index contributed by atoms with van der Waals surface area (Å²) in [7, 11) is 1.77. The number of benzene rings is 2. The Morgan fingerprint density at radius 1 is 0.654 bits per heavy atom. The highest BCUT2D eigenvalue weighted by atomic mass is 16.5. The minimum atomic E-state index is 0.667. The lowest BCUT2D eigenvalue weighted by molar-refractivity contribution is 0.409. The molecule has 0 radical (unpaired) electrons. The molecular weight excluding hydrogens is 316 g/mol. The van der Waals surface area contributed by atoms with Crippen LogP contribution in [0.4, 0.5) is 0 Å². The lowest BCUT2D eigenvalue weighted by atomic mass is 9.85. The molecule has 26 heavy (non-hydrogen) atoms. The third kappa shape index (κ3) is 3.98. The fourth-order valence-corrected chi connectivity index (χ4v) is 3.58. The zero-order valence-electron chi connectivity index (χ0n) is 18.8. The second-order valence-electron chi connectivity index (χ2n) is 8.00. The van der Waals surface area contributed by atoms with E-state index in [1.165, 1.54) is 49.7 Å². The number of ether oxygens (including phenoxy) is 1. The molecular formula is C25H38O. The van der Waals surface area contributed by atoms with E-state index in [0.717, 1.165) is 11.7 Å². The van der Waals surface area contributed by atoms with Crippen LogP contribution in [0.25, 0.3) is 10.8 Å². The summed E-state index contributed by atoms with van der Waals surface area (Å²) >= 11 is 0. The highest BCUT2D eigenvalue weighted by Crippen LogP contribution is 2.40. The average molecular weight is 355 g/mol. The summed E-state index contributed by atoms with van der Waals surface area (Å²) in [6.45, 7) is 25.7. The molecule has 0 aromatic heterocycles. The van der Waals surface area contributed by atoms with Crippen LogP contribution >= 0.6 is 0 Å². The predicted octanol–water partition coefficient (Wildman–Crippen LogP) is 7.47. The molecule has 0 saturated carbocycles. The van der Waals surface area contributed by atoms with Gasteiger partial charge in [-0.2, -0.15) is 0 Å². The van der Waals surface area contributed by atoms with Crippen LogP contribution in [0.15, 0.2) is 12.7 Å². The van der Waals surface area contributed by atoms with Crippen LogP contribution in [0.1, 0.15) is 59.7 Å². The van der Waals surface area contributed by atoms with Crippen LogP contribution in [-0.2, 0) is 0 Å². The normalized spacial score (nSPS) is 12.0. The summed E-state index contributed by atoms with van der Waals surface area (Å²) in [5.41, 5.74) is 9.49. The average Bonchev–Trinajstić information content (AvgIpc) is 2.61. The van der Waals surface area contributed by atoms with E-state index in [1.54, 1.807) is 7.11 Å². The molecule has 1 heteroatoms. The van der Waals surface area contributed by atoms with Gasteiger partial charge in [0.2, 0.25) is 0 Å². The topological polar surface area (TPSA) is 9.23 Å². The summed E-state index contributed by atoms with van der Waals surface area (Å²) in [4.78, 5) is 0. The highest BCUT2D eigenvalue weighted by molar-refractivity contribution is 5.98. The van der Waals surface area contributed by atoms with Gasteiger partial charge in [0.05, 0.1) is 7.11 Å². The molecule has 2 rings (SSSR count). The van der Waals surface area contributed by atoms with Gasteiger partial charge in [0.15, 0.2) is 0 Å². The van der Waals surface area contributed by atoms with E-state index in [-0.39, 0.29) is 0 Å². The van der Waals surface area contributed by atoms with Gasteiger partial charge in [0, 0.05) is 0 Å². The molecule has 0 amide bonds. The van der Waals surface area contributed by atoms with Crippen molar-refractivity contribution in [2.45, 2.75) is 69.2 Å². The van der Waals surface area contributed by atoms with E-state index in [1.807, 2.05) is 6.08 Å². The maximum atomic E-state index is 5.63. The van der Waals surface area contributed by atoms with Gasteiger partial charge in [0.1, 0.15) is 5.75 Å². The standard InChI is InChI=1S/C18H24O.C7H14/c1-9-10(2)12(4)17-15(7)18(19-8)14(6)13(5)16(17)11(9)3;1-5-7(4)6(2)3/h1-8H3;5-7H,1H2,2-4H3/t;7-/m.0/s1. The lowest BCUT2D eigenvalue weighted by Gasteiger charge is -2.22. The summed E-state index contributed by atoms with van der Waals surface area (Å²) in [5.74, 6) is 2.45. The van der Waals surface area contributed by atoms with E-state index in [2.05, 4.69) is 75.8 Å². The lowest BCUT2D eigenvalue weighted by Crippen LogP contribution is -2.02. The van der Waals surface area contributed by atoms with Gasteiger partial charge in [-0.1, -0.05) is 26.8 Å². The molecule has 2 aromatic rings.